The van der Waals surface area contributed by atoms with Gasteiger partial charge in [0.05, 0.1) is 40.7 Å². The van der Waals surface area contributed by atoms with Crippen molar-refractivity contribution in [1.29, 1.82) is 0 Å². The van der Waals surface area contributed by atoms with Gasteiger partial charge in [0, 0.05) is 6.42 Å². The molecule has 2 aliphatic rings. The van der Waals surface area contributed by atoms with Gasteiger partial charge in [0.1, 0.15) is 6.10 Å². The number of hydrogen-bond donors (Lipinski definition) is 3. The van der Waals surface area contributed by atoms with Crippen molar-refractivity contribution >= 4 is 5.69 Å². The van der Waals surface area contributed by atoms with Crippen LogP contribution in [0, 0.1) is 6.57 Å². The molecule has 3 atom stereocenters. The highest BCUT2D eigenvalue weighted by atomic mass is 19.4. The molecule has 1 aromatic heterocycles. The van der Waals surface area contributed by atoms with Gasteiger partial charge in [0.2, 0.25) is 11.8 Å². The Bertz CT molecular complexity index is 976. The number of aromatic hydroxyl groups is 2. The first-order valence-corrected chi connectivity index (χ1v) is 7.70. The van der Waals surface area contributed by atoms with Gasteiger partial charge in [-0.3, -0.25) is 4.57 Å². The zero-order chi connectivity index (χ0) is 19.0. The standard InChI is InChI=1S/C17H13F3N2O4/c1-16-6-10(23)13(26-16)11-12(16)15(25)22(14(11)24)7-3-4-9(21-2)8(5-7)17(18,19)20/h3-5,10,13,23-25H,6H2,1H3/t10-,13?,16?/m0/s1. The molecular weight excluding hydrogens is 353 g/mol. The predicted octanol–water partition coefficient (Wildman–Crippen LogP) is 3.51. The number of aliphatic hydroxyl groups is 1. The molecule has 3 N–H and O–H groups in total. The van der Waals surface area contributed by atoms with Gasteiger partial charge in [0.15, 0.2) is 5.69 Å². The highest BCUT2D eigenvalue weighted by Gasteiger charge is 2.57. The zero-order valence-corrected chi connectivity index (χ0v) is 13.4. The minimum absolute atomic E-state index is 0.147. The summed E-state index contributed by atoms with van der Waals surface area (Å²) in [5.74, 6) is -0.938. The smallest absolute Gasteiger partial charge is 0.407 e. The van der Waals surface area contributed by atoms with Crippen molar-refractivity contribution < 1.29 is 33.2 Å². The third-order valence-corrected chi connectivity index (χ3v) is 4.97. The van der Waals surface area contributed by atoms with Gasteiger partial charge in [-0.1, -0.05) is 6.07 Å². The van der Waals surface area contributed by atoms with Gasteiger partial charge >= 0.3 is 6.18 Å². The van der Waals surface area contributed by atoms with Crippen LogP contribution < -0.4 is 0 Å². The quantitative estimate of drug-likeness (QED) is 0.675. The molecule has 1 saturated heterocycles. The molecule has 0 amide bonds. The zero-order valence-electron chi connectivity index (χ0n) is 13.4. The molecule has 26 heavy (non-hydrogen) atoms. The highest BCUT2D eigenvalue weighted by Crippen LogP contribution is 2.61. The third-order valence-electron chi connectivity index (χ3n) is 4.97. The summed E-state index contributed by atoms with van der Waals surface area (Å²) in [6.45, 7) is 8.52. The molecule has 0 saturated carbocycles. The van der Waals surface area contributed by atoms with Gasteiger partial charge in [0.25, 0.3) is 0 Å². The monoisotopic (exact) mass is 366 g/mol. The number of nitrogens with zero attached hydrogens (tertiary/aromatic N) is 2. The maximum absolute atomic E-state index is 13.2. The molecule has 4 rings (SSSR count). The van der Waals surface area contributed by atoms with Crippen LogP contribution in [0.4, 0.5) is 18.9 Å². The summed E-state index contributed by atoms with van der Waals surface area (Å²) in [6, 6.07) is 2.89. The lowest BCUT2D eigenvalue weighted by Crippen LogP contribution is -2.22. The molecular formula is C17H13F3N2O4. The number of rotatable bonds is 1. The van der Waals surface area contributed by atoms with Crippen LogP contribution in [0.2, 0.25) is 0 Å². The SMILES string of the molecule is [C-]#[N+]c1ccc(-n2c(O)c3c(c2O)C2(C)C[C@H](O)C3O2)cc1C(F)(F)F. The minimum atomic E-state index is -4.76. The highest BCUT2D eigenvalue weighted by molar-refractivity contribution is 5.63. The number of benzene rings is 1. The van der Waals surface area contributed by atoms with Gasteiger partial charge in [-0.05, 0) is 19.1 Å². The summed E-state index contributed by atoms with van der Waals surface area (Å²) in [6.07, 6.45) is -6.30. The van der Waals surface area contributed by atoms with Gasteiger partial charge in [-0.15, -0.1) is 0 Å². The molecule has 2 aromatic rings. The van der Waals surface area contributed by atoms with Crippen molar-refractivity contribution in [1.82, 2.24) is 4.57 Å². The van der Waals surface area contributed by atoms with Crippen molar-refractivity contribution in [2.45, 2.75) is 37.3 Å². The van der Waals surface area contributed by atoms with Gasteiger partial charge in [-0.2, -0.15) is 13.2 Å². The number of ether oxygens (including phenoxy) is 1. The second kappa shape index (κ2) is 4.93. The Labute approximate surface area is 145 Å². The second-order valence-electron chi connectivity index (χ2n) is 6.62. The molecule has 6 nitrogen and oxygen atoms in total. The van der Waals surface area contributed by atoms with Crippen LogP contribution in [0.5, 0.6) is 11.8 Å². The Hall–Kier alpha value is -2.70. The topological polar surface area (TPSA) is 79.2 Å². The number of hydrogen-bond acceptors (Lipinski definition) is 4. The van der Waals surface area contributed by atoms with Crippen LogP contribution in [0.1, 0.15) is 36.1 Å². The van der Waals surface area contributed by atoms with Crippen molar-refractivity contribution in [2.24, 2.45) is 0 Å². The molecule has 1 aromatic carbocycles. The third kappa shape index (κ3) is 2.00. The van der Waals surface area contributed by atoms with E-state index in [9.17, 15) is 28.5 Å². The fourth-order valence-electron chi connectivity index (χ4n) is 3.91. The van der Waals surface area contributed by atoms with Crippen LogP contribution in [0.3, 0.4) is 0 Å². The first-order chi connectivity index (χ1) is 12.1. The fourth-order valence-corrected chi connectivity index (χ4v) is 3.91. The molecule has 0 radical (unpaired) electrons. The second-order valence-corrected chi connectivity index (χ2v) is 6.62. The summed E-state index contributed by atoms with van der Waals surface area (Å²) < 4.78 is 46.2. The summed E-state index contributed by atoms with van der Waals surface area (Å²) in [4.78, 5) is 2.86. The Kier molecular flexibility index (Phi) is 3.18. The van der Waals surface area contributed by atoms with Crippen LogP contribution in [0.25, 0.3) is 10.5 Å². The Balaban J connectivity index is 1.94. The first kappa shape index (κ1) is 16.8. The Morgan fingerprint density at radius 1 is 1.31 bits per heavy atom. The molecule has 2 bridgehead atoms. The summed E-state index contributed by atoms with van der Waals surface area (Å²) in [7, 11) is 0. The van der Waals surface area contributed by atoms with Crippen molar-refractivity contribution in [3.63, 3.8) is 0 Å². The van der Waals surface area contributed by atoms with E-state index in [0.717, 1.165) is 10.6 Å². The lowest BCUT2D eigenvalue weighted by Gasteiger charge is -2.21. The van der Waals surface area contributed by atoms with E-state index in [1.54, 1.807) is 6.92 Å². The molecule has 0 aliphatic carbocycles. The molecule has 9 heteroatoms. The average Bonchev–Trinajstić information content (AvgIpc) is 3.12. The number of halogens is 3. The van der Waals surface area contributed by atoms with Crippen LogP contribution in [-0.4, -0.2) is 26.0 Å². The number of aromatic nitrogens is 1. The van der Waals surface area contributed by atoms with E-state index < -0.39 is 47.0 Å². The van der Waals surface area contributed by atoms with Crippen molar-refractivity contribution in [3.05, 3.63) is 46.3 Å². The molecule has 2 aliphatic heterocycles. The van der Waals surface area contributed by atoms with E-state index in [4.69, 9.17) is 11.3 Å². The van der Waals surface area contributed by atoms with Crippen LogP contribution >= 0.6 is 0 Å². The first-order valence-electron chi connectivity index (χ1n) is 7.70. The fraction of sp³-hybridized carbons (Fsp3) is 0.353. The Morgan fingerprint density at radius 2 is 2.00 bits per heavy atom. The summed E-state index contributed by atoms with van der Waals surface area (Å²) in [5.41, 5.74) is -2.49. The lowest BCUT2D eigenvalue weighted by molar-refractivity contribution is -0.136. The maximum Gasteiger partial charge on any atom is 0.407 e. The predicted molar refractivity (Wildman–Crippen MR) is 82.2 cm³/mol. The summed E-state index contributed by atoms with van der Waals surface area (Å²) >= 11 is 0. The lowest BCUT2D eigenvalue weighted by atomic mass is 9.84. The van der Waals surface area contributed by atoms with Crippen molar-refractivity contribution in [3.8, 4) is 17.4 Å². The van der Waals surface area contributed by atoms with E-state index in [0.29, 0.717) is 6.07 Å². The van der Waals surface area contributed by atoms with E-state index in [1.807, 2.05) is 0 Å². The largest absolute Gasteiger partial charge is 0.494 e. The van der Waals surface area contributed by atoms with E-state index in [-0.39, 0.29) is 23.2 Å². The average molecular weight is 366 g/mol. The maximum atomic E-state index is 13.2. The minimum Gasteiger partial charge on any atom is -0.494 e. The Morgan fingerprint density at radius 3 is 2.62 bits per heavy atom. The number of fused-ring (bicyclic) bond motifs is 5. The van der Waals surface area contributed by atoms with Crippen LogP contribution in [0.15, 0.2) is 18.2 Å². The van der Waals surface area contributed by atoms with Crippen LogP contribution in [-0.2, 0) is 16.5 Å². The van der Waals surface area contributed by atoms with Gasteiger partial charge < -0.3 is 20.1 Å². The summed E-state index contributed by atoms with van der Waals surface area (Å²) in [5, 5.41) is 31.1. The van der Waals surface area contributed by atoms with Crippen molar-refractivity contribution in [2.75, 3.05) is 0 Å². The number of alkyl halides is 3. The molecule has 2 unspecified atom stereocenters. The van der Waals surface area contributed by atoms with E-state index in [2.05, 4.69) is 4.85 Å². The normalized spacial score (nSPS) is 26.8. The molecule has 136 valence electrons. The molecule has 1 fully saturated rings. The number of aliphatic hydroxyl groups excluding tert-OH is 1. The molecule has 0 spiro atoms. The van der Waals surface area contributed by atoms with E-state index in [1.165, 1.54) is 6.07 Å². The van der Waals surface area contributed by atoms with E-state index >= 15 is 0 Å². The molecule has 3 heterocycles. The van der Waals surface area contributed by atoms with Gasteiger partial charge in [-0.25, -0.2) is 4.85 Å².